The Balaban J connectivity index is 5.37. The minimum Gasteiger partial charge on any atom is -0.443 e. The van der Waals surface area contributed by atoms with Gasteiger partial charge in [0, 0.05) is 6.54 Å². The van der Waals surface area contributed by atoms with E-state index in [9.17, 15) is 18.0 Å². The number of carbonyl (C=O) groups is 2. The molecular formula is C14H28N2O7S. The van der Waals surface area contributed by atoms with E-state index < -0.39 is 46.2 Å². The summed E-state index contributed by atoms with van der Waals surface area (Å²) in [7, 11) is -3.81. The molecule has 0 rings (SSSR count). The summed E-state index contributed by atoms with van der Waals surface area (Å²) in [6.45, 7) is 9.13. The summed E-state index contributed by atoms with van der Waals surface area (Å²) < 4.78 is 37.6. The quantitative estimate of drug-likeness (QED) is 0.723. The minimum atomic E-state index is -3.81. The molecule has 0 fully saturated rings. The number of rotatable bonds is 5. The first-order valence-electron chi connectivity index (χ1n) is 7.36. The van der Waals surface area contributed by atoms with Gasteiger partial charge in [-0.25, -0.2) is 14.5 Å². The van der Waals surface area contributed by atoms with Crippen LogP contribution in [0.4, 0.5) is 9.59 Å². The molecular weight excluding hydrogens is 340 g/mol. The second-order valence-electron chi connectivity index (χ2n) is 7.23. The first-order valence-corrected chi connectivity index (χ1v) is 9.17. The maximum Gasteiger partial charge on any atom is 0.419 e. The Kier molecular flexibility index (Phi) is 7.66. The Labute approximate surface area is 143 Å². The minimum absolute atomic E-state index is 0.227. The third-order valence-corrected chi connectivity index (χ3v) is 2.81. The predicted molar refractivity (Wildman–Crippen MR) is 87.9 cm³/mol. The monoisotopic (exact) mass is 368 g/mol. The lowest BCUT2D eigenvalue weighted by Gasteiger charge is -2.30. The van der Waals surface area contributed by atoms with Gasteiger partial charge in [0.05, 0.1) is 12.8 Å². The lowest BCUT2D eigenvalue weighted by atomic mass is 10.2. The van der Waals surface area contributed by atoms with Crippen LogP contribution in [-0.2, 0) is 23.8 Å². The number of nitrogens with two attached hydrogens (primary N) is 1. The summed E-state index contributed by atoms with van der Waals surface area (Å²) in [6, 6.07) is 0. The van der Waals surface area contributed by atoms with Crippen LogP contribution in [0.25, 0.3) is 0 Å². The summed E-state index contributed by atoms with van der Waals surface area (Å²) >= 11 is 0. The molecule has 10 heteroatoms. The van der Waals surface area contributed by atoms with E-state index in [2.05, 4.69) is 0 Å². The fraction of sp³-hybridized carbons (Fsp3) is 0.857. The molecule has 0 radical (unpaired) electrons. The molecule has 0 aromatic rings. The van der Waals surface area contributed by atoms with Crippen LogP contribution < -0.4 is 5.73 Å². The van der Waals surface area contributed by atoms with Crippen molar-refractivity contribution in [1.82, 2.24) is 4.90 Å². The van der Waals surface area contributed by atoms with Crippen LogP contribution >= 0.6 is 0 Å². The Hall–Kier alpha value is -1.39. The third-order valence-electron chi connectivity index (χ3n) is 2.19. The molecule has 24 heavy (non-hydrogen) atoms. The first-order chi connectivity index (χ1) is 10.5. The van der Waals surface area contributed by atoms with E-state index in [4.69, 9.17) is 19.4 Å². The Morgan fingerprint density at radius 3 is 1.62 bits per heavy atom. The molecule has 0 spiro atoms. The van der Waals surface area contributed by atoms with Crippen molar-refractivity contribution in [3.8, 4) is 0 Å². The molecule has 142 valence electrons. The molecule has 1 unspecified atom stereocenters. The molecule has 0 saturated heterocycles. The fourth-order valence-electron chi connectivity index (χ4n) is 1.45. The van der Waals surface area contributed by atoms with E-state index in [1.165, 1.54) is 0 Å². The molecule has 0 aliphatic heterocycles. The lowest BCUT2D eigenvalue weighted by Crippen LogP contribution is -2.48. The van der Waals surface area contributed by atoms with Gasteiger partial charge in [-0.05, 0) is 41.5 Å². The number of carbonyl (C=O) groups excluding carboxylic acids is 2. The lowest BCUT2D eigenvalue weighted by molar-refractivity contribution is -0.00493. The van der Waals surface area contributed by atoms with Crippen molar-refractivity contribution in [2.75, 3.05) is 19.3 Å². The van der Waals surface area contributed by atoms with Crippen LogP contribution in [-0.4, -0.2) is 62.2 Å². The highest BCUT2D eigenvalue weighted by Crippen LogP contribution is 2.15. The second kappa shape index (κ2) is 8.13. The molecule has 0 aromatic carbocycles. The number of hydrogen-bond acceptors (Lipinski definition) is 8. The maximum atomic E-state index is 12.3. The van der Waals surface area contributed by atoms with Crippen molar-refractivity contribution < 1.29 is 31.7 Å². The highest BCUT2D eigenvalue weighted by molar-refractivity contribution is 7.86. The summed E-state index contributed by atoms with van der Waals surface area (Å²) in [4.78, 5) is 25.2. The molecule has 0 saturated carbocycles. The number of imide groups is 1. The fourth-order valence-corrected chi connectivity index (χ4v) is 2.09. The average Bonchev–Trinajstić information content (AvgIpc) is 2.27. The third kappa shape index (κ3) is 10.4. The van der Waals surface area contributed by atoms with Crippen molar-refractivity contribution in [3.63, 3.8) is 0 Å². The highest BCUT2D eigenvalue weighted by Gasteiger charge is 2.33. The van der Waals surface area contributed by atoms with E-state index >= 15 is 0 Å². The van der Waals surface area contributed by atoms with E-state index in [1.54, 1.807) is 41.5 Å². The van der Waals surface area contributed by atoms with Crippen LogP contribution in [0, 0.1) is 0 Å². The van der Waals surface area contributed by atoms with E-state index in [1.807, 2.05) is 0 Å². The van der Waals surface area contributed by atoms with Crippen molar-refractivity contribution in [3.05, 3.63) is 0 Å². The molecule has 0 aliphatic carbocycles. The van der Waals surface area contributed by atoms with Crippen LogP contribution in [0.5, 0.6) is 0 Å². The number of ether oxygens (including phenoxy) is 2. The standard InChI is InChI=1S/C14H28N2O7S/c1-13(2,3)21-11(17)16(12(18)22-14(4,5)6)9-10(8-15)23-24(7,19)20/h10H,8-9,15H2,1-7H3. The SMILES string of the molecule is CC(C)(C)OC(=O)N(CC(CN)OS(C)(=O)=O)C(=O)OC(C)(C)C. The van der Waals surface area contributed by atoms with E-state index in [0.717, 1.165) is 6.26 Å². The van der Waals surface area contributed by atoms with Crippen molar-refractivity contribution in [2.45, 2.75) is 58.8 Å². The van der Waals surface area contributed by atoms with Gasteiger partial charge in [-0.1, -0.05) is 0 Å². The Bertz CT molecular complexity index is 518. The number of nitrogens with zero attached hydrogens (tertiary/aromatic N) is 1. The van der Waals surface area contributed by atoms with Gasteiger partial charge in [-0.15, -0.1) is 0 Å². The largest absolute Gasteiger partial charge is 0.443 e. The van der Waals surface area contributed by atoms with Crippen molar-refractivity contribution in [2.24, 2.45) is 5.73 Å². The smallest absolute Gasteiger partial charge is 0.419 e. The second-order valence-corrected chi connectivity index (χ2v) is 8.83. The van der Waals surface area contributed by atoms with Crippen molar-refractivity contribution in [1.29, 1.82) is 0 Å². The van der Waals surface area contributed by atoms with Gasteiger partial charge in [-0.3, -0.25) is 4.18 Å². The zero-order chi connectivity index (χ0) is 19.3. The Morgan fingerprint density at radius 2 is 1.38 bits per heavy atom. The predicted octanol–water partition coefficient (Wildman–Crippen LogP) is 1.46. The van der Waals surface area contributed by atoms with Gasteiger partial charge < -0.3 is 15.2 Å². The van der Waals surface area contributed by atoms with Gasteiger partial charge >= 0.3 is 12.2 Å². The van der Waals surface area contributed by atoms with Gasteiger partial charge in [0.1, 0.15) is 17.3 Å². The van der Waals surface area contributed by atoms with E-state index in [0.29, 0.717) is 4.90 Å². The zero-order valence-electron chi connectivity index (χ0n) is 15.3. The molecule has 0 aromatic heterocycles. The normalized spacial score (nSPS) is 14.0. The van der Waals surface area contributed by atoms with Crippen LogP contribution in [0.2, 0.25) is 0 Å². The highest BCUT2D eigenvalue weighted by atomic mass is 32.2. The van der Waals surface area contributed by atoms with Gasteiger partial charge in [0.25, 0.3) is 10.1 Å². The molecule has 0 aliphatic rings. The van der Waals surface area contributed by atoms with Crippen LogP contribution in [0.3, 0.4) is 0 Å². The van der Waals surface area contributed by atoms with Crippen LogP contribution in [0.1, 0.15) is 41.5 Å². The van der Waals surface area contributed by atoms with E-state index in [-0.39, 0.29) is 6.54 Å². The summed E-state index contributed by atoms with van der Waals surface area (Å²) in [5.74, 6) is 0. The molecule has 0 bridgehead atoms. The molecule has 2 N–H and O–H groups in total. The summed E-state index contributed by atoms with van der Waals surface area (Å²) in [5.41, 5.74) is 3.75. The van der Waals surface area contributed by atoms with Gasteiger partial charge in [0.2, 0.25) is 0 Å². The van der Waals surface area contributed by atoms with Crippen molar-refractivity contribution >= 4 is 22.3 Å². The van der Waals surface area contributed by atoms with Crippen LogP contribution in [0.15, 0.2) is 0 Å². The molecule has 1 atom stereocenters. The zero-order valence-corrected chi connectivity index (χ0v) is 16.1. The topological polar surface area (TPSA) is 125 Å². The van der Waals surface area contributed by atoms with Gasteiger partial charge in [0.15, 0.2) is 0 Å². The molecule has 0 heterocycles. The molecule has 9 nitrogen and oxygen atoms in total. The maximum absolute atomic E-state index is 12.3. The van der Waals surface area contributed by atoms with Gasteiger partial charge in [-0.2, -0.15) is 8.42 Å². The Morgan fingerprint density at radius 1 is 1.00 bits per heavy atom. The first kappa shape index (κ1) is 22.6. The molecule has 2 amide bonds. The average molecular weight is 368 g/mol. The summed E-state index contributed by atoms with van der Waals surface area (Å²) in [5, 5.41) is 0. The summed E-state index contributed by atoms with van der Waals surface area (Å²) in [6.07, 6.45) is -2.22. The number of amides is 2. The number of hydrogen-bond donors (Lipinski definition) is 1.